The Bertz CT molecular complexity index is 567. The van der Waals surface area contributed by atoms with Crippen molar-refractivity contribution in [1.82, 2.24) is 0 Å². The van der Waals surface area contributed by atoms with Crippen molar-refractivity contribution >= 4 is 6.29 Å². The Morgan fingerprint density at radius 3 is 2.32 bits per heavy atom. The first-order valence-electron chi connectivity index (χ1n) is 5.95. The predicted molar refractivity (Wildman–Crippen MR) is 67.0 cm³/mol. The van der Waals surface area contributed by atoms with Crippen LogP contribution in [-0.2, 0) is 14.5 Å². The van der Waals surface area contributed by atoms with E-state index < -0.39 is 12.6 Å². The molecule has 0 saturated carbocycles. The highest BCUT2D eigenvalue weighted by atomic mass is 17.3. The van der Waals surface area contributed by atoms with Gasteiger partial charge in [-0.3, -0.25) is 4.79 Å². The quantitative estimate of drug-likeness (QED) is 0.625. The maximum Gasteiger partial charge on any atom is 0.221 e. The molecule has 4 nitrogen and oxygen atoms in total. The van der Waals surface area contributed by atoms with Gasteiger partial charge in [-0.15, -0.1) is 0 Å². The molecule has 0 amide bonds. The highest BCUT2D eigenvalue weighted by molar-refractivity contribution is 5.77. The van der Waals surface area contributed by atoms with Crippen LogP contribution in [0.5, 0.6) is 0 Å². The van der Waals surface area contributed by atoms with Gasteiger partial charge in [-0.25, -0.2) is 0 Å². The third-order valence-electron chi connectivity index (χ3n) is 2.93. The van der Waals surface area contributed by atoms with E-state index in [9.17, 15) is 4.79 Å². The van der Waals surface area contributed by atoms with E-state index >= 15 is 0 Å². The second-order valence-corrected chi connectivity index (χ2v) is 4.15. The van der Waals surface area contributed by atoms with E-state index in [2.05, 4.69) is 0 Å². The van der Waals surface area contributed by atoms with E-state index in [1.54, 1.807) is 18.2 Å². The van der Waals surface area contributed by atoms with Crippen molar-refractivity contribution in [1.29, 1.82) is 0 Å². The van der Waals surface area contributed by atoms with Gasteiger partial charge in [0.2, 0.25) is 12.6 Å². The summed E-state index contributed by atoms with van der Waals surface area (Å²) in [6.07, 6.45) is -0.490. The first-order valence-corrected chi connectivity index (χ1v) is 5.95. The van der Waals surface area contributed by atoms with Gasteiger partial charge in [-0.05, 0) is 0 Å². The van der Waals surface area contributed by atoms with Crippen LogP contribution in [0.15, 0.2) is 54.6 Å². The molecule has 3 rings (SSSR count). The normalized spacial score (nSPS) is 22.3. The zero-order valence-electron chi connectivity index (χ0n) is 10.1. The number of rotatable bonds is 3. The first-order chi connectivity index (χ1) is 9.38. The summed E-state index contributed by atoms with van der Waals surface area (Å²) >= 11 is 0. The van der Waals surface area contributed by atoms with Gasteiger partial charge < -0.3 is 4.74 Å². The van der Waals surface area contributed by atoms with Crippen LogP contribution in [0.3, 0.4) is 0 Å². The number of aldehydes is 1. The molecule has 4 heteroatoms. The van der Waals surface area contributed by atoms with Crippen molar-refractivity contribution < 1.29 is 19.3 Å². The highest BCUT2D eigenvalue weighted by Crippen LogP contribution is 2.36. The summed E-state index contributed by atoms with van der Waals surface area (Å²) in [5, 5.41) is 0. The molecular formula is C15H12O4. The Labute approximate surface area is 110 Å². The number of hydrogen-bond donors (Lipinski definition) is 0. The zero-order chi connectivity index (χ0) is 13.1. The van der Waals surface area contributed by atoms with Crippen LogP contribution < -0.4 is 0 Å². The Kier molecular flexibility index (Phi) is 3.37. The van der Waals surface area contributed by atoms with Gasteiger partial charge in [0.1, 0.15) is 0 Å². The van der Waals surface area contributed by atoms with Gasteiger partial charge in [-0.1, -0.05) is 54.6 Å². The van der Waals surface area contributed by atoms with Crippen LogP contribution in [0, 0.1) is 0 Å². The standard InChI is InChI=1S/C15H12O4/c16-10-12-8-4-5-9-13(12)15-17-14(18-19-15)11-6-2-1-3-7-11/h1-10,14-15H. The van der Waals surface area contributed by atoms with Gasteiger partial charge >= 0.3 is 0 Å². The summed E-state index contributed by atoms with van der Waals surface area (Å²) in [5.74, 6) is 0. The van der Waals surface area contributed by atoms with Crippen LogP contribution in [-0.4, -0.2) is 6.29 Å². The fourth-order valence-electron chi connectivity index (χ4n) is 1.96. The minimum Gasteiger partial charge on any atom is -0.309 e. The molecule has 0 aliphatic carbocycles. The average molecular weight is 256 g/mol. The Hall–Kier alpha value is -2.01. The molecule has 2 atom stereocenters. The van der Waals surface area contributed by atoms with Crippen LogP contribution >= 0.6 is 0 Å². The molecule has 1 aliphatic heterocycles. The summed E-state index contributed by atoms with van der Waals surface area (Å²) < 4.78 is 5.67. The Morgan fingerprint density at radius 1 is 0.842 bits per heavy atom. The Morgan fingerprint density at radius 2 is 1.53 bits per heavy atom. The maximum absolute atomic E-state index is 11.0. The molecule has 0 radical (unpaired) electrons. The lowest BCUT2D eigenvalue weighted by atomic mass is 10.1. The smallest absolute Gasteiger partial charge is 0.221 e. The molecule has 1 fully saturated rings. The van der Waals surface area contributed by atoms with Crippen molar-refractivity contribution in [2.24, 2.45) is 0 Å². The number of carbonyl (C=O) groups is 1. The molecule has 1 saturated heterocycles. The molecule has 0 N–H and O–H groups in total. The number of hydrogen-bond acceptors (Lipinski definition) is 4. The molecule has 1 heterocycles. The molecular weight excluding hydrogens is 244 g/mol. The molecule has 0 aromatic heterocycles. The monoisotopic (exact) mass is 256 g/mol. The summed E-state index contributed by atoms with van der Waals surface area (Å²) in [4.78, 5) is 21.3. The lowest BCUT2D eigenvalue weighted by molar-refractivity contribution is -0.300. The topological polar surface area (TPSA) is 44.8 Å². The van der Waals surface area contributed by atoms with E-state index in [0.29, 0.717) is 11.1 Å². The summed E-state index contributed by atoms with van der Waals surface area (Å²) in [5.41, 5.74) is 2.06. The average Bonchev–Trinajstić information content (AvgIpc) is 2.98. The van der Waals surface area contributed by atoms with E-state index in [1.807, 2.05) is 36.4 Å². The second-order valence-electron chi connectivity index (χ2n) is 4.15. The fourth-order valence-corrected chi connectivity index (χ4v) is 1.96. The molecule has 0 spiro atoms. The van der Waals surface area contributed by atoms with Gasteiger partial charge in [0.15, 0.2) is 6.29 Å². The molecule has 2 aromatic carbocycles. The molecule has 19 heavy (non-hydrogen) atoms. The largest absolute Gasteiger partial charge is 0.309 e. The predicted octanol–water partition coefficient (Wildman–Crippen LogP) is 3.17. The number of carbonyl (C=O) groups excluding carboxylic acids is 1. The number of benzene rings is 2. The van der Waals surface area contributed by atoms with E-state index in [4.69, 9.17) is 14.5 Å². The van der Waals surface area contributed by atoms with Crippen molar-refractivity contribution in [3.05, 3.63) is 71.3 Å². The first kappa shape index (κ1) is 12.0. The minimum atomic E-state index is -0.688. The van der Waals surface area contributed by atoms with Gasteiger partial charge in [0, 0.05) is 16.7 Å². The van der Waals surface area contributed by atoms with Crippen molar-refractivity contribution in [2.45, 2.75) is 12.6 Å². The molecule has 2 aromatic rings. The van der Waals surface area contributed by atoms with Crippen LogP contribution in [0.25, 0.3) is 0 Å². The van der Waals surface area contributed by atoms with Gasteiger partial charge in [0.25, 0.3) is 0 Å². The summed E-state index contributed by atoms with van der Waals surface area (Å²) in [6, 6.07) is 16.6. The minimum absolute atomic E-state index is 0.532. The molecule has 96 valence electrons. The van der Waals surface area contributed by atoms with Gasteiger partial charge in [-0.2, -0.15) is 9.78 Å². The lowest BCUT2D eigenvalue weighted by Gasteiger charge is -2.10. The highest BCUT2D eigenvalue weighted by Gasteiger charge is 2.31. The Balaban J connectivity index is 1.81. The third kappa shape index (κ3) is 2.42. The fraction of sp³-hybridized carbons (Fsp3) is 0.133. The molecule has 0 bridgehead atoms. The van der Waals surface area contributed by atoms with Crippen molar-refractivity contribution in [3.8, 4) is 0 Å². The van der Waals surface area contributed by atoms with Crippen molar-refractivity contribution in [3.63, 3.8) is 0 Å². The number of ether oxygens (including phenoxy) is 1. The van der Waals surface area contributed by atoms with Gasteiger partial charge in [0.05, 0.1) is 0 Å². The van der Waals surface area contributed by atoms with E-state index in [0.717, 1.165) is 11.8 Å². The van der Waals surface area contributed by atoms with Crippen LogP contribution in [0.2, 0.25) is 0 Å². The maximum atomic E-state index is 11.0. The van der Waals surface area contributed by atoms with Crippen LogP contribution in [0.4, 0.5) is 0 Å². The molecule has 2 unspecified atom stereocenters. The zero-order valence-corrected chi connectivity index (χ0v) is 10.1. The lowest BCUT2D eigenvalue weighted by Crippen LogP contribution is -2.03. The molecule has 1 aliphatic rings. The van der Waals surface area contributed by atoms with Crippen LogP contribution in [0.1, 0.15) is 34.1 Å². The third-order valence-corrected chi connectivity index (χ3v) is 2.93. The second kappa shape index (κ2) is 5.32. The SMILES string of the molecule is O=Cc1ccccc1C1OOC(c2ccccc2)O1. The summed E-state index contributed by atoms with van der Waals surface area (Å²) in [7, 11) is 0. The van der Waals surface area contributed by atoms with E-state index in [1.165, 1.54) is 0 Å². The van der Waals surface area contributed by atoms with E-state index in [-0.39, 0.29) is 0 Å². The van der Waals surface area contributed by atoms with Crippen molar-refractivity contribution in [2.75, 3.05) is 0 Å². The summed E-state index contributed by atoms with van der Waals surface area (Å²) in [6.45, 7) is 0.